The summed E-state index contributed by atoms with van der Waals surface area (Å²) in [5.41, 5.74) is 2.38. The van der Waals surface area contributed by atoms with E-state index in [4.69, 9.17) is 14.2 Å². The molecular weight excluding hydrogens is 542 g/mol. The van der Waals surface area contributed by atoms with Gasteiger partial charge in [0.05, 0.1) is 48.4 Å². The van der Waals surface area contributed by atoms with Crippen LogP contribution in [0.1, 0.15) is 63.7 Å². The molecule has 1 aliphatic rings. The zero-order valence-electron chi connectivity index (χ0n) is 24.6. The first kappa shape index (κ1) is 32.3. The van der Waals surface area contributed by atoms with Crippen LogP contribution < -0.4 is 15.4 Å². The van der Waals surface area contributed by atoms with E-state index in [9.17, 15) is 24.8 Å². The van der Waals surface area contributed by atoms with Gasteiger partial charge in [0.2, 0.25) is 0 Å². The van der Waals surface area contributed by atoms with Crippen molar-refractivity contribution in [3.63, 3.8) is 0 Å². The van der Waals surface area contributed by atoms with E-state index in [0.29, 0.717) is 48.7 Å². The highest BCUT2D eigenvalue weighted by atomic mass is 16.6. The Morgan fingerprint density at radius 2 is 1.67 bits per heavy atom. The van der Waals surface area contributed by atoms with E-state index in [2.05, 4.69) is 10.6 Å². The lowest BCUT2D eigenvalue weighted by Gasteiger charge is -2.30. The second kappa shape index (κ2) is 15.1. The van der Waals surface area contributed by atoms with E-state index in [-0.39, 0.29) is 29.5 Å². The molecule has 0 aromatic heterocycles. The Morgan fingerprint density at radius 1 is 1.02 bits per heavy atom. The summed E-state index contributed by atoms with van der Waals surface area (Å²) in [6, 6.07) is 13.4. The average Bonchev–Trinajstić information content (AvgIpc) is 2.97. The lowest BCUT2D eigenvalue weighted by atomic mass is 9.80. The summed E-state index contributed by atoms with van der Waals surface area (Å²) in [4.78, 5) is 37.0. The number of nitro benzene ring substituents is 1. The van der Waals surface area contributed by atoms with E-state index in [0.717, 1.165) is 5.56 Å². The van der Waals surface area contributed by atoms with Gasteiger partial charge >= 0.3 is 11.9 Å². The number of dihydropyridines is 1. The third-order valence-electron chi connectivity index (χ3n) is 6.82. The minimum Gasteiger partial charge on any atom is -0.494 e. The fraction of sp³-hybridized carbons (Fsp3) is 0.419. The summed E-state index contributed by atoms with van der Waals surface area (Å²) in [5.74, 6) is -1.52. The lowest BCUT2D eigenvalue weighted by molar-refractivity contribution is -0.384. The Hall–Kier alpha value is -4.22. The largest absolute Gasteiger partial charge is 0.494 e. The molecule has 0 fully saturated rings. The molecule has 3 N–H and O–H groups in total. The predicted molar refractivity (Wildman–Crippen MR) is 157 cm³/mol. The van der Waals surface area contributed by atoms with Crippen LogP contribution in [0, 0.1) is 10.1 Å². The number of unbranched alkanes of at least 4 members (excludes halogenated alkanes) is 1. The molecule has 1 heterocycles. The summed E-state index contributed by atoms with van der Waals surface area (Å²) in [6.07, 6.45) is 0.546. The van der Waals surface area contributed by atoms with E-state index >= 15 is 0 Å². The molecule has 2 aromatic rings. The Kier molecular flexibility index (Phi) is 11.6. The number of nitro groups is 1. The fourth-order valence-corrected chi connectivity index (χ4v) is 4.68. The number of carbonyl (C=O) groups excluding carboxylic acids is 2. The van der Waals surface area contributed by atoms with Crippen molar-refractivity contribution in [3.8, 4) is 5.75 Å². The predicted octanol–water partition coefficient (Wildman–Crippen LogP) is 4.44. The maximum Gasteiger partial charge on any atom is 0.336 e. The Balaban J connectivity index is 1.59. The van der Waals surface area contributed by atoms with Gasteiger partial charge in [0.1, 0.15) is 5.75 Å². The number of aliphatic hydroxyl groups is 1. The van der Waals surface area contributed by atoms with E-state index in [1.54, 1.807) is 19.9 Å². The first-order valence-electron chi connectivity index (χ1n) is 13.9. The molecule has 1 aliphatic heterocycles. The van der Waals surface area contributed by atoms with Crippen molar-refractivity contribution >= 4 is 17.6 Å². The summed E-state index contributed by atoms with van der Waals surface area (Å²) in [7, 11) is 1.24. The molecule has 0 aliphatic carbocycles. The number of rotatable bonds is 14. The number of benzene rings is 2. The number of ether oxygens (including phenoxy) is 3. The normalized spacial score (nSPS) is 15.7. The van der Waals surface area contributed by atoms with Crippen LogP contribution in [0.4, 0.5) is 5.69 Å². The van der Waals surface area contributed by atoms with Crippen LogP contribution in [-0.4, -0.2) is 54.9 Å². The maximum atomic E-state index is 13.3. The van der Waals surface area contributed by atoms with Gasteiger partial charge in [0.25, 0.3) is 5.69 Å². The number of nitrogens with one attached hydrogen (secondary N) is 2. The molecule has 0 saturated carbocycles. The number of hydrogen-bond donors (Lipinski definition) is 3. The first-order chi connectivity index (χ1) is 20.0. The van der Waals surface area contributed by atoms with Crippen molar-refractivity contribution in [3.05, 3.63) is 92.3 Å². The second-order valence-electron chi connectivity index (χ2n) is 10.3. The van der Waals surface area contributed by atoms with Crippen molar-refractivity contribution in [2.24, 2.45) is 0 Å². The highest BCUT2D eigenvalue weighted by Crippen LogP contribution is 2.40. The molecule has 2 aromatic carbocycles. The number of hydrogen-bond acceptors (Lipinski definition) is 10. The average molecular weight is 582 g/mol. The molecule has 0 bridgehead atoms. The van der Waals surface area contributed by atoms with Crippen molar-refractivity contribution in [2.45, 2.75) is 58.6 Å². The van der Waals surface area contributed by atoms with Crippen LogP contribution in [0.5, 0.6) is 5.75 Å². The van der Waals surface area contributed by atoms with Gasteiger partial charge in [-0.1, -0.05) is 38.1 Å². The van der Waals surface area contributed by atoms with E-state index in [1.165, 1.54) is 25.3 Å². The number of nitrogens with zero attached hydrogens (tertiary/aromatic N) is 1. The van der Waals surface area contributed by atoms with E-state index in [1.807, 2.05) is 38.1 Å². The van der Waals surface area contributed by atoms with Gasteiger partial charge in [0.15, 0.2) is 0 Å². The van der Waals surface area contributed by atoms with Gasteiger partial charge in [0, 0.05) is 36.1 Å². The number of carbonyl (C=O) groups is 2. The maximum absolute atomic E-state index is 13.3. The number of aliphatic hydroxyl groups excluding tert-OH is 1. The molecule has 0 amide bonds. The number of esters is 2. The summed E-state index contributed by atoms with van der Waals surface area (Å²) in [6.45, 7) is 8.40. The van der Waals surface area contributed by atoms with Crippen molar-refractivity contribution < 1.29 is 33.8 Å². The van der Waals surface area contributed by atoms with Gasteiger partial charge in [-0.25, -0.2) is 9.59 Å². The molecule has 0 spiro atoms. The quantitative estimate of drug-likeness (QED) is 0.127. The molecule has 0 saturated heterocycles. The Morgan fingerprint density at radius 3 is 2.29 bits per heavy atom. The molecule has 3 rings (SSSR count). The third kappa shape index (κ3) is 8.40. The molecule has 0 radical (unpaired) electrons. The minimum atomic E-state index is -0.905. The van der Waals surface area contributed by atoms with Crippen molar-refractivity contribution in [1.29, 1.82) is 0 Å². The number of methoxy groups -OCH3 is 1. The lowest BCUT2D eigenvalue weighted by Crippen LogP contribution is -2.32. The first-order valence-corrected chi connectivity index (χ1v) is 13.9. The van der Waals surface area contributed by atoms with Crippen LogP contribution in [0.15, 0.2) is 71.1 Å². The zero-order valence-corrected chi connectivity index (χ0v) is 24.6. The molecule has 2 unspecified atom stereocenters. The highest BCUT2D eigenvalue weighted by Gasteiger charge is 2.38. The smallest absolute Gasteiger partial charge is 0.336 e. The Labute approximate surface area is 245 Å². The Bertz CT molecular complexity index is 1330. The number of non-ortho nitro benzene ring substituents is 1. The topological polar surface area (TPSA) is 149 Å². The summed E-state index contributed by atoms with van der Waals surface area (Å²) >= 11 is 0. The molecule has 42 heavy (non-hydrogen) atoms. The van der Waals surface area contributed by atoms with E-state index < -0.39 is 28.9 Å². The monoisotopic (exact) mass is 581 g/mol. The summed E-state index contributed by atoms with van der Waals surface area (Å²) in [5, 5.41) is 27.9. The SMILES string of the molecule is COC(=O)C1=C(C)NC(C)=C(C(=O)OCCCCOc2ccc(C(O)CNC(C)C)cc2)C1c1cccc([N+](=O)[O-])c1. The molecule has 2 atom stereocenters. The highest BCUT2D eigenvalue weighted by molar-refractivity contribution is 5.99. The minimum absolute atomic E-state index is 0.116. The fourth-order valence-electron chi connectivity index (χ4n) is 4.68. The standard InChI is InChI=1S/C31H39N3O8/c1-19(2)32-18-26(35)22-11-13-25(14-12-22)41-15-6-7-16-42-31(37)28-21(4)33-20(3)27(30(36)40-5)29(28)23-9-8-10-24(17-23)34(38)39/h8-14,17,19,26,29,32-33,35H,6-7,15-16,18H2,1-5H3. The molecule has 11 heteroatoms. The van der Waals surface area contributed by atoms with Gasteiger partial charge in [-0.15, -0.1) is 0 Å². The van der Waals surface area contributed by atoms with Crippen LogP contribution in [0.25, 0.3) is 0 Å². The van der Waals surface area contributed by atoms with Crippen LogP contribution >= 0.6 is 0 Å². The van der Waals surface area contributed by atoms with Gasteiger partial charge in [-0.3, -0.25) is 10.1 Å². The van der Waals surface area contributed by atoms with Gasteiger partial charge < -0.3 is 30.0 Å². The van der Waals surface area contributed by atoms with Crippen molar-refractivity contribution in [1.82, 2.24) is 10.6 Å². The second-order valence-corrected chi connectivity index (χ2v) is 10.3. The van der Waals surface area contributed by atoms with Gasteiger partial charge in [-0.05, 0) is 49.9 Å². The van der Waals surface area contributed by atoms with Crippen LogP contribution in [-0.2, 0) is 19.1 Å². The van der Waals surface area contributed by atoms with Gasteiger partial charge in [-0.2, -0.15) is 0 Å². The molecular formula is C31H39N3O8. The van der Waals surface area contributed by atoms with Crippen molar-refractivity contribution in [2.75, 3.05) is 26.9 Å². The zero-order chi connectivity index (χ0) is 30.8. The molecule has 226 valence electrons. The molecule has 11 nitrogen and oxygen atoms in total. The third-order valence-corrected chi connectivity index (χ3v) is 6.82. The summed E-state index contributed by atoms with van der Waals surface area (Å²) < 4.78 is 16.3. The van der Waals surface area contributed by atoms with Crippen LogP contribution in [0.3, 0.4) is 0 Å². The number of allylic oxidation sites excluding steroid dienone is 2. The van der Waals surface area contributed by atoms with Crippen LogP contribution in [0.2, 0.25) is 0 Å².